The fourth-order valence-electron chi connectivity index (χ4n) is 2.95. The average Bonchev–Trinajstić information content (AvgIpc) is 2.97. The van der Waals surface area contributed by atoms with Crippen LogP contribution in [0.25, 0.3) is 6.08 Å². The van der Waals surface area contributed by atoms with Crippen molar-refractivity contribution in [2.75, 3.05) is 0 Å². The van der Waals surface area contributed by atoms with Gasteiger partial charge in [-0.05, 0) is 23.8 Å². The summed E-state index contributed by atoms with van der Waals surface area (Å²) in [6.07, 6.45) is 1.36. The molecule has 0 atom stereocenters. The third-order valence-corrected chi connectivity index (χ3v) is 4.00. The highest BCUT2D eigenvalue weighted by Crippen LogP contribution is 2.42. The lowest BCUT2D eigenvalue weighted by Gasteiger charge is -2.09. The van der Waals surface area contributed by atoms with Crippen LogP contribution in [0.1, 0.15) is 43.6 Å². The Kier molecular flexibility index (Phi) is 6.57. The number of benzene rings is 2. The van der Waals surface area contributed by atoms with Crippen LogP contribution in [-0.2, 0) is 19.2 Å². The number of Topliss-reactive ketones (excluding diaryl/α,β-unsaturated/α-hetero) is 1. The molecule has 0 fully saturated rings. The van der Waals surface area contributed by atoms with Crippen molar-refractivity contribution in [3.63, 3.8) is 0 Å². The van der Waals surface area contributed by atoms with Crippen LogP contribution in [0, 0.1) is 0 Å². The van der Waals surface area contributed by atoms with E-state index in [-0.39, 0.29) is 40.1 Å². The summed E-state index contributed by atoms with van der Waals surface area (Å²) >= 11 is 0. The zero-order valence-electron chi connectivity index (χ0n) is 18.0. The van der Waals surface area contributed by atoms with Crippen molar-refractivity contribution in [1.82, 2.24) is 0 Å². The molecule has 0 spiro atoms. The van der Waals surface area contributed by atoms with Crippen LogP contribution in [0.2, 0.25) is 0 Å². The van der Waals surface area contributed by atoms with Gasteiger partial charge in [-0.15, -0.1) is 0 Å². The maximum absolute atomic E-state index is 13.0. The minimum atomic E-state index is -0.686. The van der Waals surface area contributed by atoms with Crippen LogP contribution in [-0.4, -0.2) is 29.7 Å². The normalized spacial score (nSPS) is 13.1. The summed E-state index contributed by atoms with van der Waals surface area (Å²) in [5.74, 6) is -3.37. The summed E-state index contributed by atoms with van der Waals surface area (Å²) in [5.41, 5.74) is 0.358. The molecule has 1 aliphatic heterocycles. The number of fused-ring (bicyclic) bond motifs is 1. The highest BCUT2D eigenvalue weighted by atomic mass is 16.6. The standard InChI is InChI=1S/C23H18O10/c1-11(24)29-16-9-19(32-14(4)27)22-20(10-16)33-21(23(22)28)8-15-5-6-17(30-12(2)25)18(7-15)31-13(3)26/h5-10H,1-4H3/b21-8-. The largest absolute Gasteiger partial charge is 0.452 e. The van der Waals surface area contributed by atoms with Crippen molar-refractivity contribution < 1.29 is 47.7 Å². The van der Waals surface area contributed by atoms with E-state index in [1.54, 1.807) is 0 Å². The van der Waals surface area contributed by atoms with Gasteiger partial charge in [-0.3, -0.25) is 24.0 Å². The van der Waals surface area contributed by atoms with Gasteiger partial charge >= 0.3 is 23.9 Å². The van der Waals surface area contributed by atoms with E-state index in [1.807, 2.05) is 0 Å². The Morgan fingerprint density at radius 3 is 1.91 bits per heavy atom. The van der Waals surface area contributed by atoms with Crippen LogP contribution in [0.15, 0.2) is 36.1 Å². The predicted octanol–water partition coefficient (Wildman–Crippen LogP) is 3.00. The molecular weight excluding hydrogens is 436 g/mol. The van der Waals surface area contributed by atoms with E-state index >= 15 is 0 Å². The molecule has 170 valence electrons. The lowest BCUT2D eigenvalue weighted by Crippen LogP contribution is -2.08. The van der Waals surface area contributed by atoms with Crippen molar-refractivity contribution >= 4 is 35.7 Å². The zero-order chi connectivity index (χ0) is 24.3. The van der Waals surface area contributed by atoms with Crippen LogP contribution < -0.4 is 23.7 Å². The second-order valence-electron chi connectivity index (χ2n) is 6.82. The van der Waals surface area contributed by atoms with Crippen molar-refractivity contribution in [2.45, 2.75) is 27.7 Å². The van der Waals surface area contributed by atoms with Gasteiger partial charge in [0.2, 0.25) is 5.78 Å². The first-order valence-corrected chi connectivity index (χ1v) is 9.53. The minimum absolute atomic E-state index is 0.0185. The van der Waals surface area contributed by atoms with Crippen LogP contribution in [0.5, 0.6) is 28.7 Å². The van der Waals surface area contributed by atoms with Crippen molar-refractivity contribution in [3.05, 3.63) is 47.2 Å². The summed E-state index contributed by atoms with van der Waals surface area (Å²) in [4.78, 5) is 58.4. The van der Waals surface area contributed by atoms with E-state index in [4.69, 9.17) is 23.7 Å². The zero-order valence-corrected chi connectivity index (χ0v) is 18.0. The minimum Gasteiger partial charge on any atom is -0.452 e. The van der Waals surface area contributed by atoms with Gasteiger partial charge in [0.05, 0.1) is 0 Å². The van der Waals surface area contributed by atoms with Crippen LogP contribution in [0.4, 0.5) is 0 Å². The Hall–Kier alpha value is -4.47. The first-order valence-electron chi connectivity index (χ1n) is 9.53. The molecule has 1 heterocycles. The molecule has 2 aromatic carbocycles. The number of carbonyl (C=O) groups excluding carboxylic acids is 5. The summed E-state index contributed by atoms with van der Waals surface area (Å²) in [7, 11) is 0. The Balaban J connectivity index is 2.01. The first-order chi connectivity index (χ1) is 15.5. The number of ether oxygens (including phenoxy) is 5. The smallest absolute Gasteiger partial charge is 0.308 e. The van der Waals surface area contributed by atoms with Gasteiger partial charge in [-0.25, -0.2) is 0 Å². The van der Waals surface area contributed by atoms with Gasteiger partial charge in [0.1, 0.15) is 22.8 Å². The van der Waals surface area contributed by atoms with E-state index in [2.05, 4.69) is 0 Å². The number of hydrogen-bond donors (Lipinski definition) is 0. The third kappa shape index (κ3) is 5.62. The number of esters is 4. The highest BCUT2D eigenvalue weighted by molar-refractivity contribution is 6.16. The number of hydrogen-bond acceptors (Lipinski definition) is 10. The van der Waals surface area contributed by atoms with Gasteiger partial charge in [0, 0.05) is 39.8 Å². The lowest BCUT2D eigenvalue weighted by atomic mass is 10.1. The van der Waals surface area contributed by atoms with Gasteiger partial charge in [-0.2, -0.15) is 0 Å². The van der Waals surface area contributed by atoms with E-state index < -0.39 is 29.7 Å². The van der Waals surface area contributed by atoms with Gasteiger partial charge in [0.15, 0.2) is 17.3 Å². The Labute approximate surface area is 187 Å². The molecule has 1 aliphatic rings. The molecule has 2 aromatic rings. The molecule has 0 saturated carbocycles. The first kappa shape index (κ1) is 23.2. The molecule has 10 nitrogen and oxygen atoms in total. The number of carbonyl (C=O) groups is 5. The highest BCUT2D eigenvalue weighted by Gasteiger charge is 2.33. The maximum Gasteiger partial charge on any atom is 0.308 e. The van der Waals surface area contributed by atoms with E-state index in [0.29, 0.717) is 5.56 Å². The molecule has 0 bridgehead atoms. The predicted molar refractivity (Wildman–Crippen MR) is 111 cm³/mol. The third-order valence-electron chi connectivity index (χ3n) is 4.00. The lowest BCUT2D eigenvalue weighted by molar-refractivity contribution is -0.134. The molecule has 0 aliphatic carbocycles. The summed E-state index contributed by atoms with van der Waals surface area (Å²) in [6.45, 7) is 4.72. The molecule has 33 heavy (non-hydrogen) atoms. The van der Waals surface area contributed by atoms with Gasteiger partial charge in [-0.1, -0.05) is 6.07 Å². The molecule has 3 rings (SSSR count). The molecule has 0 aromatic heterocycles. The average molecular weight is 454 g/mol. The summed E-state index contributed by atoms with van der Waals surface area (Å²) in [5, 5.41) is 0. The fourth-order valence-corrected chi connectivity index (χ4v) is 2.95. The second kappa shape index (κ2) is 9.35. The second-order valence-corrected chi connectivity index (χ2v) is 6.82. The van der Waals surface area contributed by atoms with E-state index in [9.17, 15) is 24.0 Å². The topological polar surface area (TPSA) is 132 Å². The summed E-state index contributed by atoms with van der Waals surface area (Å²) < 4.78 is 25.8. The SMILES string of the molecule is CC(=O)Oc1cc(OC(C)=O)c2c(c1)O/C(=C\c1ccc(OC(C)=O)c(OC(C)=O)c1)C2=O. The molecule has 10 heteroatoms. The number of rotatable bonds is 5. The molecule has 0 unspecified atom stereocenters. The molecule has 0 radical (unpaired) electrons. The summed E-state index contributed by atoms with van der Waals surface area (Å²) in [6, 6.07) is 6.83. The monoisotopic (exact) mass is 454 g/mol. The molecule has 0 N–H and O–H groups in total. The Morgan fingerprint density at radius 2 is 1.30 bits per heavy atom. The van der Waals surface area contributed by atoms with E-state index in [0.717, 1.165) is 6.92 Å². The van der Waals surface area contributed by atoms with Crippen LogP contribution in [0.3, 0.4) is 0 Å². The molecule has 0 amide bonds. The molecular formula is C23H18O10. The Morgan fingerprint density at radius 1 is 0.727 bits per heavy atom. The van der Waals surface area contributed by atoms with Crippen molar-refractivity contribution in [1.29, 1.82) is 0 Å². The van der Waals surface area contributed by atoms with Gasteiger partial charge < -0.3 is 23.7 Å². The van der Waals surface area contributed by atoms with Crippen molar-refractivity contribution in [2.24, 2.45) is 0 Å². The quantitative estimate of drug-likeness (QED) is 0.377. The Bertz CT molecular complexity index is 1220. The van der Waals surface area contributed by atoms with Crippen LogP contribution >= 0.6 is 0 Å². The van der Waals surface area contributed by atoms with E-state index in [1.165, 1.54) is 57.2 Å². The number of ketones is 1. The fraction of sp³-hybridized carbons (Fsp3) is 0.174. The van der Waals surface area contributed by atoms with Gasteiger partial charge in [0.25, 0.3) is 0 Å². The molecule has 0 saturated heterocycles. The van der Waals surface area contributed by atoms with Crippen molar-refractivity contribution in [3.8, 4) is 28.7 Å². The maximum atomic E-state index is 13.0. The number of allylic oxidation sites excluding steroid dienone is 1.